The largest absolute Gasteiger partial charge is 0.481 e. The average Bonchev–Trinajstić information content (AvgIpc) is 2.26. The van der Waals surface area contributed by atoms with Crippen LogP contribution in [0.15, 0.2) is 0 Å². The van der Waals surface area contributed by atoms with E-state index in [-0.39, 0.29) is 23.9 Å². The fraction of sp³-hybridized carbons (Fsp3) is 0.818. The highest BCUT2D eigenvalue weighted by Gasteiger charge is 2.33. The second-order valence-electron chi connectivity index (χ2n) is 4.45. The van der Waals surface area contributed by atoms with E-state index in [0.29, 0.717) is 19.4 Å². The molecule has 1 aliphatic heterocycles. The average molecular weight is 228 g/mol. The molecule has 92 valence electrons. The highest BCUT2D eigenvalue weighted by molar-refractivity contribution is 5.82. The van der Waals surface area contributed by atoms with Crippen molar-refractivity contribution in [1.82, 2.24) is 10.2 Å². The fourth-order valence-corrected chi connectivity index (χ4v) is 2.10. The quantitative estimate of drug-likeness (QED) is 0.729. The maximum atomic E-state index is 11.9. The Hall–Kier alpha value is -1.10. The van der Waals surface area contributed by atoms with E-state index in [9.17, 15) is 9.59 Å². The van der Waals surface area contributed by atoms with E-state index in [4.69, 9.17) is 5.11 Å². The van der Waals surface area contributed by atoms with Crippen LogP contribution in [-0.2, 0) is 9.59 Å². The van der Waals surface area contributed by atoms with E-state index >= 15 is 0 Å². The van der Waals surface area contributed by atoms with E-state index in [0.717, 1.165) is 0 Å². The van der Waals surface area contributed by atoms with Crippen molar-refractivity contribution in [3.8, 4) is 0 Å². The Labute approximate surface area is 95.8 Å². The Morgan fingerprint density at radius 1 is 1.50 bits per heavy atom. The van der Waals surface area contributed by atoms with Gasteiger partial charge in [-0.2, -0.15) is 0 Å². The molecule has 0 bridgehead atoms. The summed E-state index contributed by atoms with van der Waals surface area (Å²) in [5, 5.41) is 11.8. The minimum Gasteiger partial charge on any atom is -0.481 e. The van der Waals surface area contributed by atoms with E-state index in [2.05, 4.69) is 5.32 Å². The summed E-state index contributed by atoms with van der Waals surface area (Å²) in [4.78, 5) is 24.6. The second-order valence-corrected chi connectivity index (χ2v) is 4.45. The standard InChI is InChI=1S/C11H20N2O3/c1-7-6-9(11(15)16)4-5-13(7)10(14)8(2)12-3/h7-9,12H,4-6H2,1-3H3,(H,15,16). The Morgan fingerprint density at radius 2 is 2.12 bits per heavy atom. The monoisotopic (exact) mass is 228 g/mol. The number of carbonyl (C=O) groups excluding carboxylic acids is 1. The zero-order chi connectivity index (χ0) is 12.3. The van der Waals surface area contributed by atoms with E-state index in [1.165, 1.54) is 0 Å². The van der Waals surface area contributed by atoms with Crippen LogP contribution in [0.1, 0.15) is 26.7 Å². The molecule has 5 heteroatoms. The van der Waals surface area contributed by atoms with E-state index in [1.807, 2.05) is 13.8 Å². The fourth-order valence-electron chi connectivity index (χ4n) is 2.10. The molecule has 3 unspecified atom stereocenters. The lowest BCUT2D eigenvalue weighted by Gasteiger charge is -2.37. The summed E-state index contributed by atoms with van der Waals surface area (Å²) < 4.78 is 0. The molecule has 5 nitrogen and oxygen atoms in total. The number of piperidine rings is 1. The van der Waals surface area contributed by atoms with Gasteiger partial charge in [-0.15, -0.1) is 0 Å². The summed E-state index contributed by atoms with van der Waals surface area (Å²) in [6.45, 7) is 4.27. The maximum absolute atomic E-state index is 11.9. The summed E-state index contributed by atoms with van der Waals surface area (Å²) in [6.07, 6.45) is 1.11. The van der Waals surface area contributed by atoms with Crippen LogP contribution in [0, 0.1) is 5.92 Å². The Bertz CT molecular complexity index is 280. The molecule has 1 fully saturated rings. The van der Waals surface area contributed by atoms with Gasteiger partial charge in [0.2, 0.25) is 5.91 Å². The van der Waals surface area contributed by atoms with Crippen LogP contribution in [-0.4, -0.2) is 47.6 Å². The van der Waals surface area contributed by atoms with Gasteiger partial charge in [0.25, 0.3) is 0 Å². The molecule has 0 aromatic carbocycles. The van der Waals surface area contributed by atoms with E-state index in [1.54, 1.807) is 11.9 Å². The molecule has 1 rings (SSSR count). The van der Waals surface area contributed by atoms with Gasteiger partial charge >= 0.3 is 5.97 Å². The molecule has 2 N–H and O–H groups in total. The summed E-state index contributed by atoms with van der Waals surface area (Å²) in [5.41, 5.74) is 0. The second kappa shape index (κ2) is 5.30. The third-order valence-electron chi connectivity index (χ3n) is 3.31. The summed E-state index contributed by atoms with van der Waals surface area (Å²) >= 11 is 0. The molecule has 16 heavy (non-hydrogen) atoms. The lowest BCUT2D eigenvalue weighted by atomic mass is 9.91. The predicted molar refractivity (Wildman–Crippen MR) is 60.1 cm³/mol. The first-order valence-electron chi connectivity index (χ1n) is 5.68. The minimum absolute atomic E-state index is 0.0122. The van der Waals surface area contributed by atoms with Gasteiger partial charge in [0.15, 0.2) is 0 Å². The van der Waals surface area contributed by atoms with E-state index < -0.39 is 5.97 Å². The Morgan fingerprint density at radius 3 is 2.56 bits per heavy atom. The van der Waals surface area contributed by atoms with Crippen LogP contribution in [0.5, 0.6) is 0 Å². The number of likely N-dealkylation sites (N-methyl/N-ethyl adjacent to an activating group) is 1. The first kappa shape index (κ1) is 13.0. The molecule has 0 radical (unpaired) electrons. The number of nitrogens with one attached hydrogen (secondary N) is 1. The van der Waals surface area contributed by atoms with Crippen molar-refractivity contribution in [3.05, 3.63) is 0 Å². The molecule has 0 aromatic rings. The number of hydrogen-bond donors (Lipinski definition) is 2. The third-order valence-corrected chi connectivity index (χ3v) is 3.31. The molecule has 1 heterocycles. The van der Waals surface area contributed by atoms with Crippen molar-refractivity contribution in [2.45, 2.75) is 38.8 Å². The van der Waals surface area contributed by atoms with Gasteiger partial charge in [0, 0.05) is 12.6 Å². The van der Waals surface area contributed by atoms with Gasteiger partial charge in [-0.25, -0.2) is 0 Å². The van der Waals surface area contributed by atoms with Gasteiger partial charge in [0.1, 0.15) is 0 Å². The number of aliphatic carboxylic acids is 1. The van der Waals surface area contributed by atoms with Gasteiger partial charge in [0.05, 0.1) is 12.0 Å². The number of amides is 1. The number of carboxylic acids is 1. The maximum Gasteiger partial charge on any atom is 0.306 e. The van der Waals surface area contributed by atoms with Crippen molar-refractivity contribution in [2.75, 3.05) is 13.6 Å². The summed E-state index contributed by atoms with van der Waals surface area (Å²) in [5.74, 6) is -0.997. The van der Waals surface area contributed by atoms with Crippen LogP contribution in [0.4, 0.5) is 0 Å². The van der Waals surface area contributed by atoms with Gasteiger partial charge in [-0.1, -0.05) is 0 Å². The highest BCUT2D eigenvalue weighted by Crippen LogP contribution is 2.23. The molecule has 0 saturated carbocycles. The number of carbonyl (C=O) groups is 2. The number of carboxylic acid groups (broad SMARTS) is 1. The van der Waals surface area contributed by atoms with Crippen molar-refractivity contribution in [1.29, 1.82) is 0 Å². The van der Waals surface area contributed by atoms with Crippen molar-refractivity contribution < 1.29 is 14.7 Å². The van der Waals surface area contributed by atoms with Gasteiger partial charge < -0.3 is 15.3 Å². The topological polar surface area (TPSA) is 69.6 Å². The normalized spacial score (nSPS) is 27.6. The summed E-state index contributed by atoms with van der Waals surface area (Å²) in [6, 6.07) is -0.193. The van der Waals surface area contributed by atoms with Crippen LogP contribution in [0.25, 0.3) is 0 Å². The number of rotatable bonds is 3. The molecule has 1 aliphatic rings. The van der Waals surface area contributed by atoms with Gasteiger partial charge in [-0.3, -0.25) is 9.59 Å². The first-order chi connectivity index (χ1) is 7.47. The van der Waals surface area contributed by atoms with Crippen LogP contribution >= 0.6 is 0 Å². The molecule has 3 atom stereocenters. The first-order valence-corrected chi connectivity index (χ1v) is 5.68. The molecule has 0 spiro atoms. The molecule has 0 aliphatic carbocycles. The Balaban J connectivity index is 2.60. The molecule has 1 amide bonds. The molecular weight excluding hydrogens is 208 g/mol. The zero-order valence-electron chi connectivity index (χ0n) is 10.1. The zero-order valence-corrected chi connectivity index (χ0v) is 10.1. The van der Waals surface area contributed by atoms with Crippen LogP contribution in [0.3, 0.4) is 0 Å². The predicted octanol–water partition coefficient (Wildman–Crippen LogP) is 0.306. The SMILES string of the molecule is CNC(C)C(=O)N1CCC(C(=O)O)CC1C. The van der Waals surface area contributed by atoms with Crippen molar-refractivity contribution in [2.24, 2.45) is 5.92 Å². The van der Waals surface area contributed by atoms with Crippen molar-refractivity contribution >= 4 is 11.9 Å². The number of likely N-dealkylation sites (tertiary alicyclic amines) is 1. The van der Waals surface area contributed by atoms with Gasteiger partial charge in [-0.05, 0) is 33.7 Å². The lowest BCUT2D eigenvalue weighted by Crippen LogP contribution is -2.51. The Kier molecular flexibility index (Phi) is 4.29. The highest BCUT2D eigenvalue weighted by atomic mass is 16.4. The van der Waals surface area contributed by atoms with Crippen LogP contribution < -0.4 is 5.32 Å². The van der Waals surface area contributed by atoms with Crippen molar-refractivity contribution in [3.63, 3.8) is 0 Å². The third kappa shape index (κ3) is 2.72. The van der Waals surface area contributed by atoms with Crippen LogP contribution in [0.2, 0.25) is 0 Å². The lowest BCUT2D eigenvalue weighted by molar-refractivity contribution is -0.148. The molecule has 1 saturated heterocycles. The number of nitrogens with zero attached hydrogens (tertiary/aromatic N) is 1. The minimum atomic E-state index is -0.749. The smallest absolute Gasteiger partial charge is 0.306 e. The molecule has 0 aromatic heterocycles. The molecular formula is C11H20N2O3. The summed E-state index contributed by atoms with van der Waals surface area (Å²) in [7, 11) is 1.75. The number of hydrogen-bond acceptors (Lipinski definition) is 3.